The van der Waals surface area contributed by atoms with E-state index in [-0.39, 0.29) is 5.56 Å². The standard InChI is InChI=1S/C14H13F4NO3/c15-8-2-1-7(11(5-8)14(16,17)18)6-19-12(20)9-3-4-10(9)13(21)22/h1-2,5,9-10H,3-4,6H2,(H,19,20)(H,21,22). The second-order valence-corrected chi connectivity index (χ2v) is 5.15. The SMILES string of the molecule is O=C(O)C1CCC1C(=O)NCc1ccc(F)cc1C(F)(F)F. The molecule has 0 radical (unpaired) electrons. The van der Waals surface area contributed by atoms with E-state index in [1.165, 1.54) is 0 Å². The number of carboxylic acids is 1. The molecular weight excluding hydrogens is 306 g/mol. The zero-order valence-corrected chi connectivity index (χ0v) is 11.3. The van der Waals surface area contributed by atoms with Gasteiger partial charge in [-0.2, -0.15) is 13.2 Å². The minimum atomic E-state index is -4.73. The topological polar surface area (TPSA) is 66.4 Å². The van der Waals surface area contributed by atoms with Crippen molar-refractivity contribution in [1.82, 2.24) is 5.32 Å². The van der Waals surface area contributed by atoms with E-state index in [4.69, 9.17) is 5.11 Å². The van der Waals surface area contributed by atoms with Gasteiger partial charge in [-0.05, 0) is 30.5 Å². The Morgan fingerprint density at radius 1 is 1.23 bits per heavy atom. The van der Waals surface area contributed by atoms with Gasteiger partial charge in [0.2, 0.25) is 5.91 Å². The lowest BCUT2D eigenvalue weighted by Crippen LogP contribution is -2.43. The summed E-state index contributed by atoms with van der Waals surface area (Å²) in [4.78, 5) is 22.6. The molecule has 1 aliphatic rings. The number of rotatable bonds is 4. The molecule has 0 heterocycles. The molecule has 120 valence electrons. The van der Waals surface area contributed by atoms with Gasteiger partial charge in [-0.3, -0.25) is 9.59 Å². The summed E-state index contributed by atoms with van der Waals surface area (Å²) in [6, 6.07) is 2.19. The van der Waals surface area contributed by atoms with E-state index in [0.717, 1.165) is 12.1 Å². The number of nitrogens with one attached hydrogen (secondary N) is 1. The first kappa shape index (κ1) is 16.3. The lowest BCUT2D eigenvalue weighted by molar-refractivity contribution is -0.152. The van der Waals surface area contributed by atoms with Crippen LogP contribution < -0.4 is 5.32 Å². The molecule has 0 bridgehead atoms. The van der Waals surface area contributed by atoms with Gasteiger partial charge < -0.3 is 10.4 Å². The molecule has 2 rings (SSSR count). The smallest absolute Gasteiger partial charge is 0.416 e. The Balaban J connectivity index is 2.06. The number of carbonyl (C=O) groups is 2. The van der Waals surface area contributed by atoms with Crippen molar-refractivity contribution in [3.8, 4) is 0 Å². The maximum absolute atomic E-state index is 13.0. The number of amides is 1. The second-order valence-electron chi connectivity index (χ2n) is 5.15. The molecule has 0 aromatic heterocycles. The number of aliphatic carboxylic acids is 1. The van der Waals surface area contributed by atoms with Crippen LogP contribution in [0.15, 0.2) is 18.2 Å². The monoisotopic (exact) mass is 319 g/mol. The Morgan fingerprint density at radius 3 is 2.36 bits per heavy atom. The van der Waals surface area contributed by atoms with Crippen LogP contribution in [-0.2, 0) is 22.3 Å². The molecule has 8 heteroatoms. The van der Waals surface area contributed by atoms with E-state index in [1.54, 1.807) is 0 Å². The number of alkyl halides is 3. The second kappa shape index (κ2) is 5.94. The van der Waals surface area contributed by atoms with Crippen molar-refractivity contribution < 1.29 is 32.3 Å². The normalized spacial score (nSPS) is 21.1. The molecule has 2 unspecified atom stereocenters. The number of hydrogen-bond acceptors (Lipinski definition) is 2. The van der Waals surface area contributed by atoms with Gasteiger partial charge in [-0.25, -0.2) is 4.39 Å². The lowest BCUT2D eigenvalue weighted by Gasteiger charge is -2.32. The van der Waals surface area contributed by atoms with Gasteiger partial charge >= 0.3 is 12.1 Å². The Kier molecular flexibility index (Phi) is 4.39. The summed E-state index contributed by atoms with van der Waals surface area (Å²) in [7, 11) is 0. The predicted octanol–water partition coefficient (Wildman–Crippen LogP) is 2.57. The molecular formula is C14H13F4NO3. The third kappa shape index (κ3) is 3.37. The van der Waals surface area contributed by atoms with Gasteiger partial charge in [0.05, 0.1) is 17.4 Å². The molecule has 1 aliphatic carbocycles. The summed E-state index contributed by atoms with van der Waals surface area (Å²) in [5.41, 5.74) is -1.43. The maximum Gasteiger partial charge on any atom is 0.416 e. The van der Waals surface area contributed by atoms with E-state index in [2.05, 4.69) is 5.32 Å². The van der Waals surface area contributed by atoms with Crippen LogP contribution in [0.25, 0.3) is 0 Å². The van der Waals surface area contributed by atoms with E-state index in [9.17, 15) is 27.2 Å². The van der Waals surface area contributed by atoms with Crippen LogP contribution in [0.5, 0.6) is 0 Å². The average molecular weight is 319 g/mol. The Morgan fingerprint density at radius 2 is 1.86 bits per heavy atom. The molecule has 1 saturated carbocycles. The molecule has 1 fully saturated rings. The van der Waals surface area contributed by atoms with Crippen LogP contribution in [0.1, 0.15) is 24.0 Å². The summed E-state index contributed by atoms with van der Waals surface area (Å²) in [6.45, 7) is -0.434. The Bertz CT molecular complexity index is 600. The summed E-state index contributed by atoms with van der Waals surface area (Å²) in [5.74, 6) is -4.24. The zero-order chi connectivity index (χ0) is 16.5. The van der Waals surface area contributed by atoms with Crippen molar-refractivity contribution in [3.05, 3.63) is 35.1 Å². The molecule has 1 aromatic rings. The molecule has 2 N–H and O–H groups in total. The van der Waals surface area contributed by atoms with Gasteiger partial charge in [0.25, 0.3) is 0 Å². The molecule has 2 atom stereocenters. The van der Waals surface area contributed by atoms with Crippen molar-refractivity contribution in [2.45, 2.75) is 25.6 Å². The van der Waals surface area contributed by atoms with Crippen molar-refractivity contribution in [3.63, 3.8) is 0 Å². The van der Waals surface area contributed by atoms with Gasteiger partial charge in [0.1, 0.15) is 5.82 Å². The molecule has 22 heavy (non-hydrogen) atoms. The van der Waals surface area contributed by atoms with Gasteiger partial charge in [-0.1, -0.05) is 6.07 Å². The summed E-state index contributed by atoms with van der Waals surface area (Å²) in [5, 5.41) is 11.1. The minimum Gasteiger partial charge on any atom is -0.481 e. The molecule has 4 nitrogen and oxygen atoms in total. The first-order valence-corrected chi connectivity index (χ1v) is 6.56. The van der Waals surface area contributed by atoms with Crippen LogP contribution in [0.4, 0.5) is 17.6 Å². The zero-order valence-electron chi connectivity index (χ0n) is 11.3. The molecule has 0 saturated heterocycles. The first-order valence-electron chi connectivity index (χ1n) is 6.56. The van der Waals surface area contributed by atoms with Crippen molar-refractivity contribution in [1.29, 1.82) is 0 Å². The number of carboxylic acid groups (broad SMARTS) is 1. The Hall–Kier alpha value is -2.12. The van der Waals surface area contributed by atoms with Crippen LogP contribution >= 0.6 is 0 Å². The Labute approximate surface area is 123 Å². The van der Waals surface area contributed by atoms with E-state index in [1.807, 2.05) is 0 Å². The highest BCUT2D eigenvalue weighted by atomic mass is 19.4. The van der Waals surface area contributed by atoms with E-state index >= 15 is 0 Å². The lowest BCUT2D eigenvalue weighted by atomic mass is 9.73. The number of halogens is 4. The number of hydrogen-bond donors (Lipinski definition) is 2. The predicted molar refractivity (Wildman–Crippen MR) is 67.1 cm³/mol. The first-order chi connectivity index (χ1) is 10.2. The van der Waals surface area contributed by atoms with Gasteiger partial charge in [0, 0.05) is 6.54 Å². The fraction of sp³-hybridized carbons (Fsp3) is 0.429. The van der Waals surface area contributed by atoms with Crippen molar-refractivity contribution >= 4 is 11.9 Å². The van der Waals surface area contributed by atoms with Crippen LogP contribution in [0.2, 0.25) is 0 Å². The molecule has 1 aromatic carbocycles. The molecule has 0 spiro atoms. The fourth-order valence-corrected chi connectivity index (χ4v) is 2.39. The highest BCUT2D eigenvalue weighted by Crippen LogP contribution is 2.35. The number of carbonyl (C=O) groups excluding carboxylic acids is 1. The third-order valence-corrected chi connectivity index (χ3v) is 3.76. The minimum absolute atomic E-state index is 0.270. The largest absolute Gasteiger partial charge is 0.481 e. The third-order valence-electron chi connectivity index (χ3n) is 3.76. The average Bonchev–Trinajstić information content (AvgIpc) is 2.34. The van der Waals surface area contributed by atoms with E-state index < -0.39 is 47.8 Å². The van der Waals surface area contributed by atoms with E-state index in [0.29, 0.717) is 18.9 Å². The summed E-state index contributed by atoms with van der Waals surface area (Å²) < 4.78 is 51.4. The maximum atomic E-state index is 13.0. The van der Waals surface area contributed by atoms with Crippen LogP contribution in [0, 0.1) is 17.7 Å². The summed E-state index contributed by atoms with van der Waals surface area (Å²) in [6.07, 6.45) is -3.97. The quantitative estimate of drug-likeness (QED) is 0.838. The van der Waals surface area contributed by atoms with Gasteiger partial charge in [-0.15, -0.1) is 0 Å². The highest BCUT2D eigenvalue weighted by molar-refractivity contribution is 5.86. The molecule has 0 aliphatic heterocycles. The van der Waals surface area contributed by atoms with Crippen molar-refractivity contribution in [2.24, 2.45) is 11.8 Å². The van der Waals surface area contributed by atoms with Crippen LogP contribution in [0.3, 0.4) is 0 Å². The summed E-state index contributed by atoms with van der Waals surface area (Å²) >= 11 is 0. The molecule has 1 amide bonds. The number of benzene rings is 1. The van der Waals surface area contributed by atoms with Crippen molar-refractivity contribution in [2.75, 3.05) is 0 Å². The highest BCUT2D eigenvalue weighted by Gasteiger charge is 2.41. The van der Waals surface area contributed by atoms with Gasteiger partial charge in [0.15, 0.2) is 0 Å². The van der Waals surface area contributed by atoms with Crippen LogP contribution in [-0.4, -0.2) is 17.0 Å². The fourth-order valence-electron chi connectivity index (χ4n) is 2.39.